The molecule has 0 aromatic heterocycles. The molecule has 0 bridgehead atoms. The molecule has 2 aliphatic rings. The minimum atomic E-state index is -1.16. The van der Waals surface area contributed by atoms with Gasteiger partial charge in [-0.1, -0.05) is 24.3 Å². The fourth-order valence-corrected chi connectivity index (χ4v) is 3.47. The lowest BCUT2D eigenvalue weighted by Gasteiger charge is -2.29. The molecule has 30 heavy (non-hydrogen) atoms. The highest BCUT2D eigenvalue weighted by Crippen LogP contribution is 2.36. The van der Waals surface area contributed by atoms with Crippen LogP contribution in [0.15, 0.2) is 47.1 Å². The molecular weight excluding hydrogens is 392 g/mol. The Morgan fingerprint density at radius 2 is 1.97 bits per heavy atom. The molecule has 0 spiro atoms. The summed E-state index contributed by atoms with van der Waals surface area (Å²) >= 11 is 0. The lowest BCUT2D eigenvalue weighted by atomic mass is 9.84. The van der Waals surface area contributed by atoms with Gasteiger partial charge in [0.2, 0.25) is 0 Å². The number of hydrogen-bond donors (Lipinski definition) is 2. The second-order valence-electron chi connectivity index (χ2n) is 7.52. The Kier molecular flexibility index (Phi) is 7.75. The van der Waals surface area contributed by atoms with Crippen molar-refractivity contribution >= 4 is 17.9 Å². The van der Waals surface area contributed by atoms with Gasteiger partial charge in [0, 0.05) is 18.9 Å². The van der Waals surface area contributed by atoms with Gasteiger partial charge in [0.15, 0.2) is 0 Å². The van der Waals surface area contributed by atoms with Crippen LogP contribution in [0.25, 0.3) is 0 Å². The molecule has 2 rings (SSSR count). The van der Waals surface area contributed by atoms with Gasteiger partial charge in [-0.05, 0) is 32.4 Å². The molecule has 8 heteroatoms. The van der Waals surface area contributed by atoms with Crippen molar-refractivity contribution < 1.29 is 38.8 Å². The van der Waals surface area contributed by atoms with Crippen molar-refractivity contribution in [1.82, 2.24) is 0 Å². The highest BCUT2D eigenvalue weighted by Gasteiger charge is 2.45. The average Bonchev–Trinajstić information content (AvgIpc) is 2.93. The SMILES string of the molecule is C=C1C(=O)OC2C=C(C)C(O)C(O)C=C(C)CC(OC(=O)C(=CC)COC(C)=O)C12. The summed E-state index contributed by atoms with van der Waals surface area (Å²) in [6.45, 7) is 9.76. The first-order chi connectivity index (χ1) is 14.0. The number of esters is 3. The average molecular weight is 420 g/mol. The van der Waals surface area contributed by atoms with Crippen LogP contribution in [0.2, 0.25) is 0 Å². The van der Waals surface area contributed by atoms with Crippen molar-refractivity contribution in [2.75, 3.05) is 6.61 Å². The monoisotopic (exact) mass is 420 g/mol. The molecule has 1 heterocycles. The van der Waals surface area contributed by atoms with Crippen LogP contribution >= 0.6 is 0 Å². The number of aliphatic hydroxyl groups is 2. The molecule has 2 N–H and O–H groups in total. The van der Waals surface area contributed by atoms with Crippen molar-refractivity contribution in [2.45, 2.75) is 58.5 Å². The zero-order chi connectivity index (χ0) is 22.6. The van der Waals surface area contributed by atoms with Crippen molar-refractivity contribution in [3.63, 3.8) is 0 Å². The van der Waals surface area contributed by atoms with Gasteiger partial charge in [-0.25, -0.2) is 9.59 Å². The van der Waals surface area contributed by atoms with E-state index in [4.69, 9.17) is 14.2 Å². The number of fused-ring (bicyclic) bond motifs is 1. The van der Waals surface area contributed by atoms with Crippen LogP contribution in [0.3, 0.4) is 0 Å². The number of carbonyl (C=O) groups excluding carboxylic acids is 3. The van der Waals surface area contributed by atoms with Gasteiger partial charge in [-0.3, -0.25) is 4.79 Å². The van der Waals surface area contributed by atoms with Crippen LogP contribution in [0.4, 0.5) is 0 Å². The lowest BCUT2D eigenvalue weighted by Crippen LogP contribution is -2.36. The third-order valence-corrected chi connectivity index (χ3v) is 5.16. The van der Waals surface area contributed by atoms with Gasteiger partial charge >= 0.3 is 17.9 Å². The standard InChI is InChI=1S/C22H28O8/c1-6-15(10-28-14(5)23)22(27)30-17-8-11(2)7-16(24)20(25)12(3)9-18-19(17)13(4)21(26)29-18/h6-7,9,16-20,24-25H,4,8,10H2,1-3,5H3. The number of aliphatic hydroxyl groups excluding tert-OH is 2. The quantitative estimate of drug-likeness (QED) is 0.304. The molecule has 164 valence electrons. The smallest absolute Gasteiger partial charge is 0.337 e. The Balaban J connectivity index is 2.38. The van der Waals surface area contributed by atoms with Crippen LogP contribution in [-0.4, -0.2) is 59.1 Å². The van der Waals surface area contributed by atoms with Crippen LogP contribution in [0, 0.1) is 5.92 Å². The summed E-state index contributed by atoms with van der Waals surface area (Å²) in [5, 5.41) is 20.5. The van der Waals surface area contributed by atoms with E-state index in [0.29, 0.717) is 11.1 Å². The number of ether oxygens (including phenoxy) is 3. The molecule has 1 aliphatic heterocycles. The Morgan fingerprint density at radius 1 is 1.30 bits per heavy atom. The van der Waals surface area contributed by atoms with E-state index in [1.54, 1.807) is 26.8 Å². The minimum Gasteiger partial charge on any atom is -0.461 e. The van der Waals surface area contributed by atoms with E-state index < -0.39 is 48.2 Å². The maximum absolute atomic E-state index is 12.7. The summed E-state index contributed by atoms with van der Waals surface area (Å²) in [6.07, 6.45) is 0.744. The van der Waals surface area contributed by atoms with Gasteiger partial charge in [-0.15, -0.1) is 0 Å². The van der Waals surface area contributed by atoms with Crippen LogP contribution in [0.5, 0.6) is 0 Å². The van der Waals surface area contributed by atoms with E-state index >= 15 is 0 Å². The first-order valence-electron chi connectivity index (χ1n) is 9.66. The van der Waals surface area contributed by atoms with Crippen LogP contribution in [-0.2, 0) is 28.6 Å². The Labute approximate surface area is 175 Å². The summed E-state index contributed by atoms with van der Waals surface area (Å²) in [5.74, 6) is -2.51. The molecule has 1 fully saturated rings. The van der Waals surface area contributed by atoms with Crippen molar-refractivity contribution in [3.05, 3.63) is 47.1 Å². The summed E-state index contributed by atoms with van der Waals surface area (Å²) in [4.78, 5) is 36.0. The van der Waals surface area contributed by atoms with E-state index in [2.05, 4.69) is 6.58 Å². The molecule has 5 unspecified atom stereocenters. The largest absolute Gasteiger partial charge is 0.461 e. The summed E-state index contributed by atoms with van der Waals surface area (Å²) in [7, 11) is 0. The second-order valence-corrected chi connectivity index (χ2v) is 7.52. The summed E-state index contributed by atoms with van der Waals surface area (Å²) in [6, 6.07) is 0. The van der Waals surface area contributed by atoms with E-state index in [1.165, 1.54) is 19.1 Å². The lowest BCUT2D eigenvalue weighted by molar-refractivity contribution is -0.148. The second kappa shape index (κ2) is 9.86. The van der Waals surface area contributed by atoms with Gasteiger partial charge in [0.05, 0.1) is 11.5 Å². The van der Waals surface area contributed by atoms with Crippen LogP contribution < -0.4 is 0 Å². The molecule has 8 nitrogen and oxygen atoms in total. The molecule has 1 aliphatic carbocycles. The van der Waals surface area contributed by atoms with Gasteiger partial charge in [0.25, 0.3) is 0 Å². The fourth-order valence-electron chi connectivity index (χ4n) is 3.47. The molecule has 5 atom stereocenters. The van der Waals surface area contributed by atoms with E-state index in [1.807, 2.05) is 0 Å². The van der Waals surface area contributed by atoms with E-state index in [-0.39, 0.29) is 24.2 Å². The fraction of sp³-hybridized carbons (Fsp3) is 0.500. The maximum Gasteiger partial charge on any atom is 0.337 e. The predicted molar refractivity (Wildman–Crippen MR) is 107 cm³/mol. The number of carbonyl (C=O) groups is 3. The molecular formula is C22H28O8. The topological polar surface area (TPSA) is 119 Å². The molecule has 0 radical (unpaired) electrons. The van der Waals surface area contributed by atoms with Gasteiger partial charge < -0.3 is 24.4 Å². The highest BCUT2D eigenvalue weighted by atomic mass is 16.6. The molecule has 0 saturated carbocycles. The first kappa shape index (κ1) is 23.6. The first-order valence-corrected chi connectivity index (χ1v) is 9.66. The zero-order valence-corrected chi connectivity index (χ0v) is 17.6. The van der Waals surface area contributed by atoms with Crippen molar-refractivity contribution in [2.24, 2.45) is 5.92 Å². The van der Waals surface area contributed by atoms with Gasteiger partial charge in [0.1, 0.15) is 31.0 Å². The molecule has 0 aromatic rings. The van der Waals surface area contributed by atoms with Gasteiger partial charge in [-0.2, -0.15) is 0 Å². The van der Waals surface area contributed by atoms with E-state index in [9.17, 15) is 24.6 Å². The maximum atomic E-state index is 12.7. The summed E-state index contributed by atoms with van der Waals surface area (Å²) < 4.78 is 16.0. The summed E-state index contributed by atoms with van der Waals surface area (Å²) in [5.41, 5.74) is 1.38. The Hall–Kier alpha value is -2.71. The Bertz CT molecular complexity index is 819. The Morgan fingerprint density at radius 3 is 2.57 bits per heavy atom. The third kappa shape index (κ3) is 5.46. The van der Waals surface area contributed by atoms with E-state index in [0.717, 1.165) is 0 Å². The minimum absolute atomic E-state index is 0.151. The third-order valence-electron chi connectivity index (χ3n) is 5.16. The molecule has 0 amide bonds. The van der Waals surface area contributed by atoms with Crippen molar-refractivity contribution in [3.8, 4) is 0 Å². The van der Waals surface area contributed by atoms with Crippen LogP contribution in [0.1, 0.15) is 34.1 Å². The highest BCUT2D eigenvalue weighted by molar-refractivity contribution is 5.92. The van der Waals surface area contributed by atoms with Crippen molar-refractivity contribution in [1.29, 1.82) is 0 Å². The zero-order valence-electron chi connectivity index (χ0n) is 17.6. The molecule has 1 saturated heterocycles. The normalized spacial score (nSPS) is 29.9. The number of rotatable bonds is 4. The molecule has 0 aromatic carbocycles. The predicted octanol–water partition coefficient (Wildman–Crippen LogP) is 1.52. The number of hydrogen-bond acceptors (Lipinski definition) is 8. The number of allylic oxidation sites excluding steroid dienone is 1.